The summed E-state index contributed by atoms with van der Waals surface area (Å²) >= 11 is 0. The van der Waals surface area contributed by atoms with Crippen LogP contribution in [0.5, 0.6) is 0 Å². The highest BCUT2D eigenvalue weighted by Crippen LogP contribution is 2.39. The van der Waals surface area contributed by atoms with Gasteiger partial charge < -0.3 is 0 Å². The lowest BCUT2D eigenvalue weighted by Crippen LogP contribution is -2.23. The van der Waals surface area contributed by atoms with Crippen LogP contribution < -0.4 is 0 Å². The Morgan fingerprint density at radius 3 is 1.27 bits per heavy atom. The van der Waals surface area contributed by atoms with Crippen molar-refractivity contribution >= 4 is 62.7 Å². The molecule has 5 aromatic carbocycles. The lowest BCUT2D eigenvalue weighted by molar-refractivity contribution is -0.665. The Morgan fingerprint density at radius 2 is 0.872 bits per heavy atom. The molecule has 0 spiro atoms. The first-order chi connectivity index (χ1) is 43.6. The number of benzene rings is 5. The third-order valence-corrected chi connectivity index (χ3v) is 23.0. The van der Waals surface area contributed by atoms with Gasteiger partial charge in [-0.15, -0.1) is 4.58 Å². The van der Waals surface area contributed by atoms with Gasteiger partial charge in [-0.2, -0.15) is 14.8 Å². The van der Waals surface area contributed by atoms with Gasteiger partial charge in [0.05, 0.1) is 31.1 Å². The van der Waals surface area contributed by atoms with E-state index >= 15 is 0 Å². The van der Waals surface area contributed by atoms with Crippen molar-refractivity contribution in [2.24, 2.45) is 41.5 Å². The van der Waals surface area contributed by atoms with Crippen LogP contribution in [0.1, 0.15) is 237 Å². The molecule has 0 radical (unpaired) electrons. The maximum absolute atomic E-state index is 4.54. The van der Waals surface area contributed by atoms with Crippen molar-refractivity contribution in [3.8, 4) is 0 Å². The summed E-state index contributed by atoms with van der Waals surface area (Å²) in [6.07, 6.45) is 3.07. The molecule has 0 atom stereocenters. The summed E-state index contributed by atoms with van der Waals surface area (Å²) in [5.41, 5.74) is 50.3. The van der Waals surface area contributed by atoms with Crippen molar-refractivity contribution in [3.63, 3.8) is 0 Å². The van der Waals surface area contributed by atoms with Crippen LogP contribution in [0.25, 0.3) is 11.1 Å². The molecule has 0 amide bonds. The van der Waals surface area contributed by atoms with Crippen molar-refractivity contribution in [1.82, 2.24) is 0 Å². The minimum Gasteiger partial charge on any atom is -0.285 e. The molecule has 8 heteroatoms. The molecule has 0 bridgehead atoms. The number of hydrogen-bond acceptors (Lipinski definition) is 6. The van der Waals surface area contributed by atoms with Crippen LogP contribution >= 0.6 is 0 Å². The number of nitrogens with zero attached hydrogens (tertiary/aromatic N) is 8. The molecule has 94 heavy (non-hydrogen) atoms. The Kier molecular flexibility index (Phi) is 26.3. The summed E-state index contributed by atoms with van der Waals surface area (Å²) in [6.45, 7) is 77.9. The second-order valence-electron chi connectivity index (χ2n) is 28.8. The van der Waals surface area contributed by atoms with E-state index in [1.165, 1.54) is 190 Å². The van der Waals surface area contributed by atoms with E-state index in [1.807, 2.05) is 13.8 Å². The van der Waals surface area contributed by atoms with Gasteiger partial charge in [-0.1, -0.05) is 45.9 Å². The van der Waals surface area contributed by atoms with E-state index in [-0.39, 0.29) is 0 Å². The van der Waals surface area contributed by atoms with Gasteiger partial charge in [-0.3, -0.25) is 15.0 Å². The van der Waals surface area contributed by atoms with Gasteiger partial charge >= 0.3 is 6.67 Å². The molecule has 10 rings (SSSR count). The third-order valence-electron chi connectivity index (χ3n) is 23.0. The Morgan fingerprint density at radius 1 is 0.447 bits per heavy atom. The molecule has 0 N–H and O–H groups in total. The maximum Gasteiger partial charge on any atom is 0.339 e. The molecule has 0 aliphatic carbocycles. The number of allylic oxidation sites excluding steroid dienone is 4. The van der Waals surface area contributed by atoms with Crippen LogP contribution in [0.3, 0.4) is 0 Å². The first-order valence-electron chi connectivity index (χ1n) is 34.4. The third kappa shape index (κ3) is 17.0. The van der Waals surface area contributed by atoms with Gasteiger partial charge in [0.2, 0.25) is 11.4 Å². The van der Waals surface area contributed by atoms with Gasteiger partial charge in [-0.25, -0.2) is 4.99 Å². The molecule has 0 fully saturated rings. The largest absolute Gasteiger partial charge is 0.339 e. The van der Waals surface area contributed by atoms with E-state index in [9.17, 15) is 0 Å². The summed E-state index contributed by atoms with van der Waals surface area (Å²) in [5, 5.41) is 8.39. The van der Waals surface area contributed by atoms with Crippen LogP contribution in [0.15, 0.2) is 83.3 Å². The average Bonchev–Trinajstić information content (AvgIpc) is 1.54. The number of rotatable bonds is 7. The molecule has 0 aromatic heterocycles. The number of amidine groups is 1. The Balaban J connectivity index is 0.000000205. The van der Waals surface area contributed by atoms with Gasteiger partial charge in [-0.05, 0) is 362 Å². The molecule has 504 valence electrons. The minimum atomic E-state index is 0.297. The second kappa shape index (κ2) is 31.9. The Hall–Kier alpha value is -7.32. The maximum atomic E-state index is 4.54. The van der Waals surface area contributed by atoms with Crippen molar-refractivity contribution in [2.75, 3.05) is 33.4 Å². The average molecular weight is 1270 g/mol. The zero-order valence-electron chi connectivity index (χ0n) is 65.7. The normalized spacial score (nSPS) is 15.3. The van der Waals surface area contributed by atoms with E-state index in [2.05, 4.69) is 304 Å². The highest BCUT2D eigenvalue weighted by Gasteiger charge is 2.34. The molecule has 8 nitrogen and oxygen atoms in total. The van der Waals surface area contributed by atoms with Crippen LogP contribution in [0.2, 0.25) is 0 Å². The quantitative estimate of drug-likeness (QED) is 0.146. The molecule has 5 aliphatic rings. The van der Waals surface area contributed by atoms with Crippen LogP contribution in [-0.4, -0.2) is 88.3 Å². The van der Waals surface area contributed by atoms with E-state index in [4.69, 9.17) is 0 Å². The van der Waals surface area contributed by atoms with Crippen molar-refractivity contribution in [1.29, 1.82) is 0 Å². The predicted molar refractivity (Wildman–Crippen MR) is 417 cm³/mol. The molecule has 5 heterocycles. The van der Waals surface area contributed by atoms with Crippen molar-refractivity contribution < 1.29 is 9.15 Å². The Bertz CT molecular complexity index is 4170. The number of hydrogen-bond donors (Lipinski definition) is 0. The fourth-order valence-electron chi connectivity index (χ4n) is 12.8. The van der Waals surface area contributed by atoms with E-state index < -0.39 is 0 Å². The monoisotopic (exact) mass is 1270 g/mol. The van der Waals surface area contributed by atoms with Gasteiger partial charge in [0.1, 0.15) is 12.9 Å². The van der Waals surface area contributed by atoms with E-state index in [0.717, 1.165) is 55.7 Å². The fraction of sp³-hybridized carbons (Fsp3) is 0.488. The molecular formula is C86H122N8+2. The van der Waals surface area contributed by atoms with Crippen LogP contribution in [0.4, 0.5) is 5.69 Å². The SMILES string of the molecule is C/C=C(\C)c1cc(C)c(C)c(C)c1C.CC1=NCC(C(C)(C)C(C)C)=C1C.CC1=NCC(c2cc(C)c(C)c(C)c2C)=C1C.CC1=NCC(c2cc(C)c(C)c(C)c2C)=N1.CC1=NN=C(c2cc(C)c(C)c(C)c2C)C1.CC1=[N+](C)C[N+](c2cc(C)c(C)c(C)c2C)=C1C. The smallest absolute Gasteiger partial charge is 0.285 e. The van der Waals surface area contributed by atoms with Crippen LogP contribution in [-0.2, 0) is 0 Å². The standard InChI is InChI=1S/C16H24N2.C16H21N.2C14H18N2.C14H20.C12H21N/c1-10-8-16(13(4)12(3)11(10)2)18-9-17(7)14(5)15(18)6;1-9-7-15(12(4)11(3)10(9)2)16-8-17-14(6)13(16)5;1-8-6-13(11(4)10(3)9(8)2)14-7-15-12(5)16-14;1-8-6-13(12(5)11(4)10(8)3)14-7-9(2)15-16-14;1-7-9(2)14-8-10(3)11(4)12(5)13(14)6;1-8(2)12(5,6)11-7-13-10(4)9(11)3/h8H,9H2,1-7H3;7H,8H2,1-6H3;2*6H,7H2,1-5H3;7-8H,1-6H3;8H,7H2,1-6H3/q+2;;;;;/b;;;;9-7+;. The zero-order valence-corrected chi connectivity index (χ0v) is 65.7. The first-order valence-corrected chi connectivity index (χ1v) is 34.4. The topological polar surface area (TPSA) is 80.2 Å². The summed E-state index contributed by atoms with van der Waals surface area (Å²) in [5.74, 6) is 1.57. The highest BCUT2D eigenvalue weighted by atomic mass is 15.2. The fourth-order valence-corrected chi connectivity index (χ4v) is 12.8. The lowest BCUT2D eigenvalue weighted by Gasteiger charge is -2.31. The molecule has 0 saturated carbocycles. The van der Waals surface area contributed by atoms with Crippen LogP contribution in [0, 0.1) is 150 Å². The van der Waals surface area contributed by atoms with Gasteiger partial charge in [0, 0.05) is 60.2 Å². The lowest BCUT2D eigenvalue weighted by atomic mass is 9.73. The molecule has 5 aromatic rings. The highest BCUT2D eigenvalue weighted by molar-refractivity contribution is 6.37. The minimum absolute atomic E-state index is 0.297. The predicted octanol–water partition coefficient (Wildman–Crippen LogP) is 21.7. The summed E-state index contributed by atoms with van der Waals surface area (Å²) in [7, 11) is 2.15. The summed E-state index contributed by atoms with van der Waals surface area (Å²) in [4.78, 5) is 17.9. The zero-order chi connectivity index (χ0) is 71.2. The number of aryl methyl sites for hydroxylation is 5. The molecule has 5 aliphatic heterocycles. The Labute approximate surface area is 572 Å². The second-order valence-corrected chi connectivity index (χ2v) is 28.8. The number of aliphatic imine (C=N–C) groups is 4. The van der Waals surface area contributed by atoms with E-state index in [1.54, 1.807) is 0 Å². The van der Waals surface area contributed by atoms with Crippen molar-refractivity contribution in [3.05, 3.63) is 187 Å². The first kappa shape index (κ1) is 77.4. The van der Waals surface area contributed by atoms with Gasteiger partial charge in [0.15, 0.2) is 0 Å². The van der Waals surface area contributed by atoms with Gasteiger partial charge in [0.25, 0.3) is 5.71 Å². The molecule has 0 unspecified atom stereocenters. The summed E-state index contributed by atoms with van der Waals surface area (Å²) < 4.78 is 4.73. The summed E-state index contributed by atoms with van der Waals surface area (Å²) in [6, 6.07) is 11.4. The molecule has 0 saturated heterocycles. The molecular weight excluding hydrogens is 1150 g/mol. The van der Waals surface area contributed by atoms with Crippen molar-refractivity contribution in [2.45, 2.75) is 242 Å². The van der Waals surface area contributed by atoms with E-state index in [0.29, 0.717) is 11.3 Å².